The highest BCUT2D eigenvalue weighted by atomic mass is 16.5. The standard InChI is InChI=1S/C11H16N2O3/c14-11-10(2-1-3-12-11)16-9-6-13-4-7-15-8-5-13/h1-3H,4-9H2,(H,12,14). The Morgan fingerprint density at radius 2 is 2.25 bits per heavy atom. The first-order valence-electron chi connectivity index (χ1n) is 5.47. The quantitative estimate of drug-likeness (QED) is 0.787. The molecule has 5 nitrogen and oxygen atoms in total. The van der Waals surface area contributed by atoms with Crippen molar-refractivity contribution in [1.82, 2.24) is 9.88 Å². The molecule has 16 heavy (non-hydrogen) atoms. The van der Waals surface area contributed by atoms with Crippen LogP contribution in [0.1, 0.15) is 0 Å². The Morgan fingerprint density at radius 1 is 1.44 bits per heavy atom. The molecule has 1 aromatic heterocycles. The largest absolute Gasteiger partial charge is 0.487 e. The van der Waals surface area contributed by atoms with Gasteiger partial charge >= 0.3 is 0 Å². The predicted octanol–water partition coefficient (Wildman–Crippen LogP) is 0.0859. The minimum Gasteiger partial charge on any atom is -0.487 e. The van der Waals surface area contributed by atoms with E-state index in [0.717, 1.165) is 32.8 Å². The molecule has 0 amide bonds. The molecule has 2 rings (SSSR count). The highest BCUT2D eigenvalue weighted by Gasteiger charge is 2.09. The Balaban J connectivity index is 1.75. The minimum atomic E-state index is -0.176. The molecule has 1 aromatic rings. The minimum absolute atomic E-state index is 0.176. The number of rotatable bonds is 4. The summed E-state index contributed by atoms with van der Waals surface area (Å²) in [5, 5.41) is 0. The number of morpholine rings is 1. The second-order valence-corrected chi connectivity index (χ2v) is 3.67. The van der Waals surface area contributed by atoms with Crippen molar-refractivity contribution in [2.24, 2.45) is 0 Å². The van der Waals surface area contributed by atoms with Crippen LogP contribution in [0.15, 0.2) is 23.1 Å². The molecule has 0 bridgehead atoms. The van der Waals surface area contributed by atoms with E-state index in [1.54, 1.807) is 18.3 Å². The first kappa shape index (κ1) is 11.2. The first-order chi connectivity index (χ1) is 7.86. The summed E-state index contributed by atoms with van der Waals surface area (Å²) < 4.78 is 10.7. The number of nitrogens with zero attached hydrogens (tertiary/aromatic N) is 1. The molecule has 0 aromatic carbocycles. The zero-order valence-corrected chi connectivity index (χ0v) is 9.15. The normalized spacial score (nSPS) is 17.2. The van der Waals surface area contributed by atoms with Gasteiger partial charge in [0.15, 0.2) is 5.75 Å². The summed E-state index contributed by atoms with van der Waals surface area (Å²) in [4.78, 5) is 16.1. The third-order valence-corrected chi connectivity index (χ3v) is 2.55. The summed E-state index contributed by atoms with van der Waals surface area (Å²) >= 11 is 0. The highest BCUT2D eigenvalue weighted by Crippen LogP contribution is 2.01. The third-order valence-electron chi connectivity index (χ3n) is 2.55. The lowest BCUT2D eigenvalue weighted by molar-refractivity contribution is 0.0321. The molecule has 1 saturated heterocycles. The van der Waals surface area contributed by atoms with Crippen LogP contribution < -0.4 is 10.3 Å². The van der Waals surface area contributed by atoms with Crippen LogP contribution in [-0.4, -0.2) is 49.3 Å². The van der Waals surface area contributed by atoms with Gasteiger partial charge < -0.3 is 14.5 Å². The Hall–Kier alpha value is -1.33. The van der Waals surface area contributed by atoms with Gasteiger partial charge in [-0.3, -0.25) is 9.69 Å². The summed E-state index contributed by atoms with van der Waals surface area (Å²) in [5.74, 6) is 0.385. The van der Waals surface area contributed by atoms with Crippen LogP contribution in [0.3, 0.4) is 0 Å². The van der Waals surface area contributed by atoms with E-state index in [-0.39, 0.29) is 5.56 Å². The molecule has 0 unspecified atom stereocenters. The van der Waals surface area contributed by atoms with E-state index >= 15 is 0 Å². The molecule has 2 heterocycles. The summed E-state index contributed by atoms with van der Waals surface area (Å²) in [7, 11) is 0. The molecule has 88 valence electrons. The summed E-state index contributed by atoms with van der Waals surface area (Å²) in [6, 6.07) is 3.43. The lowest BCUT2D eigenvalue weighted by Crippen LogP contribution is -2.38. The van der Waals surface area contributed by atoms with Gasteiger partial charge in [0, 0.05) is 25.8 Å². The molecule has 1 aliphatic rings. The highest BCUT2D eigenvalue weighted by molar-refractivity contribution is 5.15. The molecule has 0 saturated carbocycles. The van der Waals surface area contributed by atoms with E-state index in [2.05, 4.69) is 9.88 Å². The Labute approximate surface area is 94.0 Å². The lowest BCUT2D eigenvalue weighted by atomic mass is 10.4. The summed E-state index contributed by atoms with van der Waals surface area (Å²) in [6.45, 7) is 4.81. The molecule has 1 aliphatic heterocycles. The second kappa shape index (κ2) is 5.67. The average Bonchev–Trinajstić information content (AvgIpc) is 2.33. The molecule has 0 spiro atoms. The van der Waals surface area contributed by atoms with Crippen molar-refractivity contribution in [1.29, 1.82) is 0 Å². The van der Waals surface area contributed by atoms with E-state index in [1.165, 1.54) is 0 Å². The van der Waals surface area contributed by atoms with Gasteiger partial charge in [0.1, 0.15) is 6.61 Å². The number of H-pyrrole nitrogens is 1. The van der Waals surface area contributed by atoms with Crippen molar-refractivity contribution in [3.8, 4) is 5.75 Å². The molecule has 1 N–H and O–H groups in total. The Morgan fingerprint density at radius 3 is 3.00 bits per heavy atom. The van der Waals surface area contributed by atoms with Crippen molar-refractivity contribution < 1.29 is 9.47 Å². The van der Waals surface area contributed by atoms with Crippen LogP contribution in [-0.2, 0) is 4.74 Å². The monoisotopic (exact) mass is 224 g/mol. The zero-order chi connectivity index (χ0) is 11.2. The van der Waals surface area contributed by atoms with Crippen LogP contribution in [0.2, 0.25) is 0 Å². The zero-order valence-electron chi connectivity index (χ0n) is 9.15. The van der Waals surface area contributed by atoms with Gasteiger partial charge in [-0.25, -0.2) is 0 Å². The number of nitrogens with one attached hydrogen (secondary N) is 1. The number of hydrogen-bond donors (Lipinski definition) is 1. The van der Waals surface area contributed by atoms with Crippen LogP contribution in [0, 0.1) is 0 Å². The topological polar surface area (TPSA) is 54.6 Å². The lowest BCUT2D eigenvalue weighted by Gasteiger charge is -2.26. The molecule has 1 fully saturated rings. The number of aromatic nitrogens is 1. The van der Waals surface area contributed by atoms with Crippen LogP contribution in [0.4, 0.5) is 0 Å². The van der Waals surface area contributed by atoms with Gasteiger partial charge in [-0.1, -0.05) is 0 Å². The van der Waals surface area contributed by atoms with E-state index in [4.69, 9.17) is 9.47 Å². The van der Waals surface area contributed by atoms with Crippen LogP contribution in [0.25, 0.3) is 0 Å². The summed E-state index contributed by atoms with van der Waals surface area (Å²) in [6.07, 6.45) is 1.59. The molecule has 0 radical (unpaired) electrons. The van der Waals surface area contributed by atoms with E-state index in [9.17, 15) is 4.79 Å². The molecule has 5 heteroatoms. The van der Waals surface area contributed by atoms with E-state index in [0.29, 0.717) is 12.4 Å². The van der Waals surface area contributed by atoms with Gasteiger partial charge in [-0.05, 0) is 12.1 Å². The van der Waals surface area contributed by atoms with Crippen molar-refractivity contribution in [3.63, 3.8) is 0 Å². The van der Waals surface area contributed by atoms with Gasteiger partial charge in [0.2, 0.25) is 0 Å². The molecular formula is C11H16N2O3. The van der Waals surface area contributed by atoms with Crippen molar-refractivity contribution in [3.05, 3.63) is 28.7 Å². The number of hydrogen-bond acceptors (Lipinski definition) is 4. The van der Waals surface area contributed by atoms with Gasteiger partial charge in [0.05, 0.1) is 13.2 Å². The maximum absolute atomic E-state index is 11.3. The number of aromatic amines is 1. The van der Waals surface area contributed by atoms with Gasteiger partial charge in [-0.2, -0.15) is 0 Å². The number of pyridine rings is 1. The molecule has 0 atom stereocenters. The van der Waals surface area contributed by atoms with Crippen molar-refractivity contribution in [2.75, 3.05) is 39.5 Å². The average molecular weight is 224 g/mol. The maximum Gasteiger partial charge on any atom is 0.290 e. The summed E-state index contributed by atoms with van der Waals surface area (Å²) in [5.41, 5.74) is -0.176. The number of ether oxygens (including phenoxy) is 2. The SMILES string of the molecule is O=c1[nH]cccc1OCCN1CCOCC1. The Kier molecular flexibility index (Phi) is 3.96. The maximum atomic E-state index is 11.3. The van der Waals surface area contributed by atoms with Crippen molar-refractivity contribution in [2.45, 2.75) is 0 Å². The van der Waals surface area contributed by atoms with Gasteiger partial charge in [0.25, 0.3) is 5.56 Å². The van der Waals surface area contributed by atoms with Gasteiger partial charge in [-0.15, -0.1) is 0 Å². The van der Waals surface area contributed by atoms with E-state index in [1.807, 2.05) is 0 Å². The molecule has 0 aliphatic carbocycles. The second-order valence-electron chi connectivity index (χ2n) is 3.67. The third kappa shape index (κ3) is 3.08. The fourth-order valence-electron chi connectivity index (χ4n) is 1.63. The van der Waals surface area contributed by atoms with Crippen LogP contribution in [0.5, 0.6) is 5.75 Å². The fraction of sp³-hybridized carbons (Fsp3) is 0.545. The van der Waals surface area contributed by atoms with E-state index < -0.39 is 0 Å². The smallest absolute Gasteiger partial charge is 0.290 e. The first-order valence-corrected chi connectivity index (χ1v) is 5.47. The van der Waals surface area contributed by atoms with Crippen molar-refractivity contribution >= 4 is 0 Å². The predicted molar refractivity (Wildman–Crippen MR) is 59.8 cm³/mol. The fourth-order valence-corrected chi connectivity index (χ4v) is 1.63. The molecular weight excluding hydrogens is 208 g/mol. The van der Waals surface area contributed by atoms with Crippen LogP contribution >= 0.6 is 0 Å². The Bertz CT molecular complexity index is 371.